The molecule has 3 nitrogen and oxygen atoms in total. The zero-order valence-electron chi connectivity index (χ0n) is 10.5. The van der Waals surface area contributed by atoms with Gasteiger partial charge >= 0.3 is 0 Å². The molecule has 0 spiro atoms. The van der Waals surface area contributed by atoms with Gasteiger partial charge in [-0.15, -0.1) is 0 Å². The number of amides is 1. The van der Waals surface area contributed by atoms with Gasteiger partial charge in [0.1, 0.15) is 0 Å². The quantitative estimate of drug-likeness (QED) is 0.755. The molecule has 0 aromatic carbocycles. The molecule has 1 unspecified atom stereocenters. The summed E-state index contributed by atoms with van der Waals surface area (Å²) >= 11 is 0. The van der Waals surface area contributed by atoms with Crippen molar-refractivity contribution in [2.45, 2.75) is 58.5 Å². The molecule has 3 heteroatoms. The van der Waals surface area contributed by atoms with Gasteiger partial charge in [-0.1, -0.05) is 33.1 Å². The van der Waals surface area contributed by atoms with Gasteiger partial charge in [0.25, 0.3) is 0 Å². The van der Waals surface area contributed by atoms with Crippen molar-refractivity contribution in [1.29, 1.82) is 0 Å². The number of aliphatic hydroxyl groups is 1. The van der Waals surface area contributed by atoms with Crippen molar-refractivity contribution >= 4 is 5.91 Å². The molecule has 0 saturated heterocycles. The maximum atomic E-state index is 11.6. The van der Waals surface area contributed by atoms with Crippen LogP contribution in [0.5, 0.6) is 0 Å². The van der Waals surface area contributed by atoms with E-state index in [0.29, 0.717) is 18.9 Å². The lowest BCUT2D eigenvalue weighted by Gasteiger charge is -2.21. The third-order valence-electron chi connectivity index (χ3n) is 3.48. The highest BCUT2D eigenvalue weighted by atomic mass is 16.3. The van der Waals surface area contributed by atoms with Crippen LogP contribution in [-0.2, 0) is 4.79 Å². The van der Waals surface area contributed by atoms with Gasteiger partial charge in [-0.05, 0) is 24.7 Å². The van der Waals surface area contributed by atoms with E-state index in [-0.39, 0.29) is 11.8 Å². The van der Waals surface area contributed by atoms with Crippen LogP contribution in [0.4, 0.5) is 0 Å². The number of nitrogens with one attached hydrogen (secondary N) is 1. The zero-order valence-corrected chi connectivity index (χ0v) is 10.5. The van der Waals surface area contributed by atoms with Crippen LogP contribution < -0.4 is 5.32 Å². The first-order valence-corrected chi connectivity index (χ1v) is 6.54. The Morgan fingerprint density at radius 1 is 1.31 bits per heavy atom. The van der Waals surface area contributed by atoms with E-state index in [9.17, 15) is 9.90 Å². The van der Waals surface area contributed by atoms with Crippen LogP contribution in [0.1, 0.15) is 52.4 Å². The summed E-state index contributed by atoms with van der Waals surface area (Å²) in [5, 5.41) is 12.4. The fourth-order valence-corrected chi connectivity index (χ4v) is 2.18. The summed E-state index contributed by atoms with van der Waals surface area (Å²) in [5.41, 5.74) is 0. The van der Waals surface area contributed by atoms with Crippen molar-refractivity contribution in [2.75, 3.05) is 6.54 Å². The third-order valence-corrected chi connectivity index (χ3v) is 3.48. The Bertz CT molecular complexity index is 210. The summed E-state index contributed by atoms with van der Waals surface area (Å²) in [5.74, 6) is 0.881. The van der Waals surface area contributed by atoms with E-state index in [0.717, 1.165) is 0 Å². The summed E-state index contributed by atoms with van der Waals surface area (Å²) < 4.78 is 0. The van der Waals surface area contributed by atoms with Crippen molar-refractivity contribution in [1.82, 2.24) is 5.32 Å². The Morgan fingerprint density at radius 3 is 2.50 bits per heavy atom. The molecule has 1 saturated carbocycles. The Labute approximate surface area is 98.6 Å². The van der Waals surface area contributed by atoms with Crippen molar-refractivity contribution in [2.24, 2.45) is 11.8 Å². The second-order valence-corrected chi connectivity index (χ2v) is 5.32. The SMILES string of the molecule is CC(C)C(O)CNC(=O)CC1CCCCC1. The summed E-state index contributed by atoms with van der Waals surface area (Å²) in [4.78, 5) is 11.6. The number of hydrogen-bond donors (Lipinski definition) is 2. The maximum Gasteiger partial charge on any atom is 0.220 e. The van der Waals surface area contributed by atoms with E-state index in [4.69, 9.17) is 0 Å². The highest BCUT2D eigenvalue weighted by Gasteiger charge is 2.17. The van der Waals surface area contributed by atoms with Gasteiger partial charge in [-0.25, -0.2) is 0 Å². The number of hydrogen-bond acceptors (Lipinski definition) is 2. The van der Waals surface area contributed by atoms with Crippen LogP contribution in [0.2, 0.25) is 0 Å². The van der Waals surface area contributed by atoms with Gasteiger partial charge in [-0.2, -0.15) is 0 Å². The van der Waals surface area contributed by atoms with E-state index in [1.165, 1.54) is 32.1 Å². The Hall–Kier alpha value is -0.570. The van der Waals surface area contributed by atoms with Crippen LogP contribution in [0.15, 0.2) is 0 Å². The average molecular weight is 227 g/mol. The molecule has 94 valence electrons. The summed E-state index contributed by atoms with van der Waals surface area (Å²) in [6.07, 6.45) is 6.48. The third kappa shape index (κ3) is 4.97. The predicted molar refractivity (Wildman–Crippen MR) is 65.0 cm³/mol. The molecule has 1 aliphatic carbocycles. The number of rotatable bonds is 5. The van der Waals surface area contributed by atoms with E-state index < -0.39 is 6.10 Å². The van der Waals surface area contributed by atoms with E-state index >= 15 is 0 Å². The molecule has 0 radical (unpaired) electrons. The summed E-state index contributed by atoms with van der Waals surface area (Å²) in [6.45, 7) is 4.30. The van der Waals surface area contributed by atoms with Gasteiger partial charge in [0.15, 0.2) is 0 Å². The van der Waals surface area contributed by atoms with Crippen LogP contribution in [-0.4, -0.2) is 23.7 Å². The molecule has 1 atom stereocenters. The molecule has 1 rings (SSSR count). The monoisotopic (exact) mass is 227 g/mol. The highest BCUT2D eigenvalue weighted by Crippen LogP contribution is 2.25. The van der Waals surface area contributed by atoms with Crippen LogP contribution in [0.25, 0.3) is 0 Å². The van der Waals surface area contributed by atoms with E-state index in [1.807, 2.05) is 13.8 Å². The molecule has 0 aromatic rings. The smallest absolute Gasteiger partial charge is 0.220 e. The second kappa shape index (κ2) is 6.89. The van der Waals surface area contributed by atoms with E-state index in [2.05, 4.69) is 5.32 Å². The fraction of sp³-hybridized carbons (Fsp3) is 0.923. The standard InChI is InChI=1S/C13H25NO2/c1-10(2)12(15)9-14-13(16)8-11-6-4-3-5-7-11/h10-12,15H,3-9H2,1-2H3,(H,14,16). The van der Waals surface area contributed by atoms with Gasteiger partial charge in [0.2, 0.25) is 5.91 Å². The van der Waals surface area contributed by atoms with Gasteiger partial charge < -0.3 is 10.4 Å². The first-order valence-electron chi connectivity index (χ1n) is 6.54. The number of carbonyl (C=O) groups is 1. The van der Waals surface area contributed by atoms with Gasteiger partial charge in [0.05, 0.1) is 6.10 Å². The lowest BCUT2D eigenvalue weighted by Crippen LogP contribution is -2.35. The van der Waals surface area contributed by atoms with Crippen molar-refractivity contribution in [3.63, 3.8) is 0 Å². The minimum Gasteiger partial charge on any atom is -0.391 e. The molecule has 1 amide bonds. The topological polar surface area (TPSA) is 49.3 Å². The van der Waals surface area contributed by atoms with Crippen molar-refractivity contribution in [3.05, 3.63) is 0 Å². The minimum absolute atomic E-state index is 0.103. The van der Waals surface area contributed by atoms with Crippen LogP contribution >= 0.6 is 0 Å². The number of carbonyl (C=O) groups excluding carboxylic acids is 1. The molecule has 0 bridgehead atoms. The molecule has 0 heterocycles. The number of aliphatic hydroxyl groups excluding tert-OH is 1. The Morgan fingerprint density at radius 2 is 1.94 bits per heavy atom. The second-order valence-electron chi connectivity index (χ2n) is 5.32. The van der Waals surface area contributed by atoms with Crippen molar-refractivity contribution < 1.29 is 9.90 Å². The lowest BCUT2D eigenvalue weighted by atomic mass is 9.87. The lowest BCUT2D eigenvalue weighted by molar-refractivity contribution is -0.122. The molecule has 2 N–H and O–H groups in total. The van der Waals surface area contributed by atoms with Gasteiger partial charge in [0, 0.05) is 13.0 Å². The van der Waals surface area contributed by atoms with Gasteiger partial charge in [-0.3, -0.25) is 4.79 Å². The highest BCUT2D eigenvalue weighted by molar-refractivity contribution is 5.76. The molecular weight excluding hydrogens is 202 g/mol. The average Bonchev–Trinajstić information content (AvgIpc) is 2.27. The molecule has 1 aliphatic rings. The predicted octanol–water partition coefficient (Wildman–Crippen LogP) is 2.09. The fourth-order valence-electron chi connectivity index (χ4n) is 2.18. The minimum atomic E-state index is -0.421. The molecule has 0 aliphatic heterocycles. The molecular formula is C13H25NO2. The van der Waals surface area contributed by atoms with Crippen LogP contribution in [0.3, 0.4) is 0 Å². The summed E-state index contributed by atoms with van der Waals surface area (Å²) in [7, 11) is 0. The largest absolute Gasteiger partial charge is 0.391 e. The molecule has 0 aromatic heterocycles. The molecule has 16 heavy (non-hydrogen) atoms. The molecule has 1 fully saturated rings. The first-order chi connectivity index (χ1) is 7.59. The van der Waals surface area contributed by atoms with Crippen molar-refractivity contribution in [3.8, 4) is 0 Å². The van der Waals surface area contributed by atoms with E-state index in [1.54, 1.807) is 0 Å². The summed E-state index contributed by atoms with van der Waals surface area (Å²) in [6, 6.07) is 0. The zero-order chi connectivity index (χ0) is 12.0. The van der Waals surface area contributed by atoms with Crippen LogP contribution in [0, 0.1) is 11.8 Å². The first kappa shape index (κ1) is 13.5. The Kier molecular flexibility index (Phi) is 5.81. The normalized spacial score (nSPS) is 19.8. The Balaban J connectivity index is 2.14. The maximum absolute atomic E-state index is 11.6.